The molecule has 5 nitrogen and oxygen atoms in total. The van der Waals surface area contributed by atoms with Gasteiger partial charge in [-0.25, -0.2) is 14.8 Å². The molecule has 0 atom stereocenters. The van der Waals surface area contributed by atoms with E-state index in [1.54, 1.807) is 18.6 Å². The molecular formula is C14H10BrN3O2. The van der Waals surface area contributed by atoms with E-state index < -0.39 is 5.97 Å². The zero-order valence-electron chi connectivity index (χ0n) is 10.6. The monoisotopic (exact) mass is 331 g/mol. The third-order valence-corrected chi connectivity index (χ3v) is 3.60. The Labute approximate surface area is 123 Å². The largest absolute Gasteiger partial charge is 0.464 e. The molecule has 0 spiro atoms. The second-order valence-corrected chi connectivity index (χ2v) is 4.93. The van der Waals surface area contributed by atoms with E-state index in [2.05, 4.69) is 30.6 Å². The number of hydrogen-bond acceptors (Lipinski definition) is 4. The van der Waals surface area contributed by atoms with E-state index in [0.29, 0.717) is 0 Å². The number of carbonyl (C=O) groups excluding carboxylic acids is 1. The standard InChI is InChI=1S/C14H10BrN3O2/c1-20-14(19)10-6-5-9(7-16-10)13-11-3-2-4-12(15)18(11)8-17-13/h2-8H,1H3. The number of carbonyl (C=O) groups is 1. The highest BCUT2D eigenvalue weighted by Crippen LogP contribution is 2.25. The van der Waals surface area contributed by atoms with Gasteiger partial charge in [-0.15, -0.1) is 0 Å². The molecule has 0 unspecified atom stereocenters. The summed E-state index contributed by atoms with van der Waals surface area (Å²) in [6.45, 7) is 0. The molecule has 0 aliphatic rings. The van der Waals surface area contributed by atoms with Gasteiger partial charge in [-0.3, -0.25) is 4.40 Å². The van der Waals surface area contributed by atoms with Crippen LogP contribution in [0.5, 0.6) is 0 Å². The lowest BCUT2D eigenvalue weighted by Gasteiger charge is -2.02. The molecular weight excluding hydrogens is 322 g/mol. The third-order valence-electron chi connectivity index (χ3n) is 2.95. The van der Waals surface area contributed by atoms with Crippen LogP contribution >= 0.6 is 15.9 Å². The van der Waals surface area contributed by atoms with Gasteiger partial charge in [0.1, 0.15) is 12.0 Å². The van der Waals surface area contributed by atoms with Crippen LogP contribution in [0.4, 0.5) is 0 Å². The second-order valence-electron chi connectivity index (χ2n) is 4.12. The fraction of sp³-hybridized carbons (Fsp3) is 0.0714. The fourth-order valence-corrected chi connectivity index (χ4v) is 2.40. The number of fused-ring (bicyclic) bond motifs is 1. The van der Waals surface area contributed by atoms with Gasteiger partial charge in [0.25, 0.3) is 0 Å². The summed E-state index contributed by atoms with van der Waals surface area (Å²) in [5.74, 6) is -0.450. The summed E-state index contributed by atoms with van der Waals surface area (Å²) in [7, 11) is 1.33. The number of aromatic nitrogens is 3. The normalized spacial score (nSPS) is 10.7. The quantitative estimate of drug-likeness (QED) is 0.535. The Kier molecular flexibility index (Phi) is 3.23. The van der Waals surface area contributed by atoms with Crippen LogP contribution in [0.2, 0.25) is 0 Å². The van der Waals surface area contributed by atoms with Gasteiger partial charge in [-0.1, -0.05) is 6.07 Å². The average molecular weight is 332 g/mol. The number of halogens is 1. The average Bonchev–Trinajstić information content (AvgIpc) is 2.92. The number of rotatable bonds is 2. The number of imidazole rings is 1. The molecule has 0 radical (unpaired) electrons. The molecule has 3 aromatic heterocycles. The summed E-state index contributed by atoms with van der Waals surface area (Å²) < 4.78 is 7.48. The molecule has 0 amide bonds. The number of hydrogen-bond donors (Lipinski definition) is 0. The molecule has 0 saturated carbocycles. The van der Waals surface area contributed by atoms with Crippen LogP contribution in [0.15, 0.2) is 47.5 Å². The highest BCUT2D eigenvalue weighted by molar-refractivity contribution is 9.10. The highest BCUT2D eigenvalue weighted by atomic mass is 79.9. The molecule has 0 N–H and O–H groups in total. The summed E-state index contributed by atoms with van der Waals surface area (Å²) in [6, 6.07) is 9.30. The Morgan fingerprint density at radius 3 is 2.80 bits per heavy atom. The van der Waals surface area contributed by atoms with E-state index in [4.69, 9.17) is 0 Å². The van der Waals surface area contributed by atoms with Gasteiger partial charge >= 0.3 is 5.97 Å². The van der Waals surface area contributed by atoms with Crippen LogP contribution in [0, 0.1) is 0 Å². The smallest absolute Gasteiger partial charge is 0.356 e. The summed E-state index contributed by atoms with van der Waals surface area (Å²) in [4.78, 5) is 19.9. The molecule has 3 rings (SSSR count). The van der Waals surface area contributed by atoms with E-state index in [0.717, 1.165) is 21.4 Å². The van der Waals surface area contributed by atoms with Crippen molar-refractivity contribution in [2.24, 2.45) is 0 Å². The predicted molar refractivity (Wildman–Crippen MR) is 77.5 cm³/mol. The van der Waals surface area contributed by atoms with Crippen molar-refractivity contribution in [1.29, 1.82) is 0 Å². The van der Waals surface area contributed by atoms with E-state index in [1.165, 1.54) is 7.11 Å². The Balaban J connectivity index is 2.07. The number of esters is 1. The van der Waals surface area contributed by atoms with Crippen LogP contribution < -0.4 is 0 Å². The lowest BCUT2D eigenvalue weighted by Crippen LogP contribution is -2.03. The maximum absolute atomic E-state index is 11.4. The van der Waals surface area contributed by atoms with Crippen molar-refractivity contribution in [3.8, 4) is 11.3 Å². The van der Waals surface area contributed by atoms with E-state index in [9.17, 15) is 4.79 Å². The third kappa shape index (κ3) is 2.08. The van der Waals surface area contributed by atoms with Gasteiger partial charge in [0.15, 0.2) is 0 Å². The molecule has 3 aromatic rings. The first-order valence-electron chi connectivity index (χ1n) is 5.87. The minimum absolute atomic E-state index is 0.279. The summed E-state index contributed by atoms with van der Waals surface area (Å²) >= 11 is 3.47. The molecule has 20 heavy (non-hydrogen) atoms. The van der Waals surface area contributed by atoms with Gasteiger partial charge in [-0.2, -0.15) is 0 Å². The Morgan fingerprint density at radius 2 is 2.10 bits per heavy atom. The molecule has 100 valence electrons. The summed E-state index contributed by atoms with van der Waals surface area (Å²) in [6.07, 6.45) is 3.36. The minimum Gasteiger partial charge on any atom is -0.464 e. The van der Waals surface area contributed by atoms with Gasteiger partial charge < -0.3 is 4.74 Å². The molecule has 0 aliphatic heterocycles. The molecule has 6 heteroatoms. The van der Waals surface area contributed by atoms with Crippen LogP contribution in [-0.2, 0) is 4.74 Å². The van der Waals surface area contributed by atoms with Gasteiger partial charge in [-0.05, 0) is 40.2 Å². The van der Waals surface area contributed by atoms with Crippen molar-refractivity contribution in [2.75, 3.05) is 7.11 Å². The molecule has 3 heterocycles. The Morgan fingerprint density at radius 1 is 1.25 bits per heavy atom. The predicted octanol–water partition coefficient (Wildman–Crippen LogP) is 2.95. The molecule has 0 saturated heterocycles. The van der Waals surface area contributed by atoms with Crippen molar-refractivity contribution >= 4 is 27.4 Å². The Hall–Kier alpha value is -2.21. The first-order valence-corrected chi connectivity index (χ1v) is 6.66. The van der Waals surface area contributed by atoms with Crippen molar-refractivity contribution < 1.29 is 9.53 Å². The maximum Gasteiger partial charge on any atom is 0.356 e. The molecule has 0 aromatic carbocycles. The van der Waals surface area contributed by atoms with Crippen molar-refractivity contribution in [3.63, 3.8) is 0 Å². The van der Waals surface area contributed by atoms with Crippen LogP contribution in [-0.4, -0.2) is 27.4 Å². The first kappa shape index (κ1) is 12.8. The highest BCUT2D eigenvalue weighted by Gasteiger charge is 2.11. The zero-order valence-corrected chi connectivity index (χ0v) is 12.2. The molecule has 0 aliphatic carbocycles. The molecule has 0 bridgehead atoms. The van der Waals surface area contributed by atoms with E-state index >= 15 is 0 Å². The topological polar surface area (TPSA) is 56.5 Å². The minimum atomic E-state index is -0.450. The number of ether oxygens (including phenoxy) is 1. The first-order chi connectivity index (χ1) is 9.70. The van der Waals surface area contributed by atoms with Gasteiger partial charge in [0.05, 0.1) is 22.9 Å². The van der Waals surface area contributed by atoms with Crippen molar-refractivity contribution in [1.82, 2.24) is 14.4 Å². The SMILES string of the molecule is COC(=O)c1ccc(-c2ncn3c(Br)cccc23)cn1. The van der Waals surface area contributed by atoms with Crippen LogP contribution in [0.1, 0.15) is 10.5 Å². The van der Waals surface area contributed by atoms with E-state index in [-0.39, 0.29) is 5.69 Å². The lowest BCUT2D eigenvalue weighted by atomic mass is 10.1. The second kappa shape index (κ2) is 5.05. The lowest BCUT2D eigenvalue weighted by molar-refractivity contribution is 0.0594. The van der Waals surface area contributed by atoms with Gasteiger partial charge in [0, 0.05) is 11.8 Å². The van der Waals surface area contributed by atoms with Crippen molar-refractivity contribution in [2.45, 2.75) is 0 Å². The number of methoxy groups -OCH3 is 1. The van der Waals surface area contributed by atoms with Crippen molar-refractivity contribution in [3.05, 3.63) is 53.2 Å². The zero-order chi connectivity index (χ0) is 14.1. The maximum atomic E-state index is 11.4. The molecule has 0 fully saturated rings. The van der Waals surface area contributed by atoms with E-state index in [1.807, 2.05) is 28.7 Å². The summed E-state index contributed by atoms with van der Waals surface area (Å²) in [5.41, 5.74) is 2.90. The summed E-state index contributed by atoms with van der Waals surface area (Å²) in [5, 5.41) is 0. The van der Waals surface area contributed by atoms with Crippen LogP contribution in [0.25, 0.3) is 16.8 Å². The van der Waals surface area contributed by atoms with Crippen LogP contribution in [0.3, 0.4) is 0 Å². The number of pyridine rings is 2. The number of nitrogens with zero attached hydrogens (tertiary/aromatic N) is 3. The fourth-order valence-electron chi connectivity index (χ4n) is 1.97. The van der Waals surface area contributed by atoms with Gasteiger partial charge in [0.2, 0.25) is 0 Å². The Bertz CT molecular complexity index is 781.